The van der Waals surface area contributed by atoms with Gasteiger partial charge in [-0.05, 0) is 61.5 Å². The van der Waals surface area contributed by atoms with Crippen LogP contribution in [-0.2, 0) is 4.79 Å². The number of nitriles is 1. The molecule has 0 saturated heterocycles. The third kappa shape index (κ3) is 5.42. The smallest absolute Gasteiger partial charge is 0.236 e. The summed E-state index contributed by atoms with van der Waals surface area (Å²) < 4.78 is 11.6. The van der Waals surface area contributed by atoms with Crippen molar-refractivity contribution in [1.29, 1.82) is 5.26 Å². The third-order valence-electron chi connectivity index (χ3n) is 4.62. The number of amides is 1. The number of nitrogens with zero attached hydrogens (tertiary/aromatic N) is 3. The molecule has 0 radical (unpaired) electrons. The van der Waals surface area contributed by atoms with Gasteiger partial charge in [-0.2, -0.15) is 5.26 Å². The number of thiazole rings is 1. The van der Waals surface area contributed by atoms with Gasteiger partial charge in [-0.1, -0.05) is 23.1 Å². The first-order valence-corrected chi connectivity index (χ1v) is 11.9. The van der Waals surface area contributed by atoms with Crippen LogP contribution in [0.3, 0.4) is 0 Å². The highest BCUT2D eigenvalue weighted by Crippen LogP contribution is 2.30. The van der Waals surface area contributed by atoms with Gasteiger partial charge in [-0.25, -0.2) is 9.97 Å². The van der Waals surface area contributed by atoms with E-state index in [1.807, 2.05) is 49.4 Å². The lowest BCUT2D eigenvalue weighted by Gasteiger charge is -2.07. The van der Waals surface area contributed by atoms with Crippen LogP contribution in [0.5, 0.6) is 11.5 Å². The zero-order valence-electron chi connectivity index (χ0n) is 18.0. The molecule has 0 atom stereocenters. The zero-order valence-corrected chi connectivity index (χ0v) is 19.6. The lowest BCUT2D eigenvalue weighted by atomic mass is 10.1. The number of methoxy groups -OCH3 is 1. The second-order valence-electron chi connectivity index (χ2n) is 6.81. The van der Waals surface area contributed by atoms with E-state index in [1.54, 1.807) is 19.2 Å². The van der Waals surface area contributed by atoms with Gasteiger partial charge in [0.05, 0.1) is 40.9 Å². The standard InChI is InChI=1S/C24H20N4O3S2/c1-3-31-18-9-11-20-21(12-18)33-24(27-20)28-22(29)14-32-23-16(13-25)6-10-19(26-23)15-4-7-17(30-2)8-5-15/h4-12H,3,14H2,1-2H3,(H,27,28,29). The van der Waals surface area contributed by atoms with Crippen molar-refractivity contribution in [2.45, 2.75) is 11.9 Å². The number of benzene rings is 2. The molecule has 0 aliphatic carbocycles. The maximum absolute atomic E-state index is 12.5. The Hall–Kier alpha value is -3.61. The van der Waals surface area contributed by atoms with E-state index < -0.39 is 0 Å². The third-order valence-corrected chi connectivity index (χ3v) is 6.55. The second-order valence-corrected chi connectivity index (χ2v) is 8.80. The highest BCUT2D eigenvalue weighted by molar-refractivity contribution is 8.00. The Morgan fingerprint density at radius 1 is 1.12 bits per heavy atom. The minimum atomic E-state index is -0.218. The number of hydrogen-bond acceptors (Lipinski definition) is 8. The fraction of sp³-hybridized carbons (Fsp3) is 0.167. The molecule has 0 saturated carbocycles. The summed E-state index contributed by atoms with van der Waals surface area (Å²) in [4.78, 5) is 21.6. The van der Waals surface area contributed by atoms with Gasteiger partial charge in [-0.15, -0.1) is 0 Å². The van der Waals surface area contributed by atoms with Crippen molar-refractivity contribution < 1.29 is 14.3 Å². The highest BCUT2D eigenvalue weighted by Gasteiger charge is 2.13. The molecular formula is C24H20N4O3S2. The molecule has 2 heterocycles. The van der Waals surface area contributed by atoms with E-state index in [0.29, 0.717) is 22.3 Å². The summed E-state index contributed by atoms with van der Waals surface area (Å²) >= 11 is 2.61. The summed E-state index contributed by atoms with van der Waals surface area (Å²) in [5.41, 5.74) is 2.84. The molecule has 7 nitrogen and oxygen atoms in total. The van der Waals surface area contributed by atoms with E-state index in [0.717, 1.165) is 33.0 Å². The number of carbonyl (C=O) groups is 1. The maximum Gasteiger partial charge on any atom is 0.236 e. The minimum Gasteiger partial charge on any atom is -0.497 e. The van der Waals surface area contributed by atoms with Gasteiger partial charge in [-0.3, -0.25) is 4.79 Å². The Labute approximate surface area is 199 Å². The number of nitrogens with one attached hydrogen (secondary N) is 1. The molecule has 1 amide bonds. The molecule has 0 aliphatic heterocycles. The second kappa shape index (κ2) is 10.3. The van der Waals surface area contributed by atoms with E-state index in [1.165, 1.54) is 23.1 Å². The Balaban J connectivity index is 1.45. The predicted molar refractivity (Wildman–Crippen MR) is 131 cm³/mol. The number of carbonyl (C=O) groups excluding carboxylic acids is 1. The molecular weight excluding hydrogens is 456 g/mol. The van der Waals surface area contributed by atoms with E-state index >= 15 is 0 Å². The Kier molecular flexibility index (Phi) is 7.07. The van der Waals surface area contributed by atoms with Crippen molar-refractivity contribution in [2.75, 3.05) is 24.8 Å². The first-order valence-electron chi connectivity index (χ1n) is 10.1. The minimum absolute atomic E-state index is 0.105. The van der Waals surface area contributed by atoms with Crippen molar-refractivity contribution in [3.63, 3.8) is 0 Å². The number of pyridine rings is 1. The molecule has 33 heavy (non-hydrogen) atoms. The predicted octanol–water partition coefficient (Wildman–Crippen LogP) is 5.37. The quantitative estimate of drug-likeness (QED) is 0.342. The van der Waals surface area contributed by atoms with Crippen LogP contribution in [0.2, 0.25) is 0 Å². The summed E-state index contributed by atoms with van der Waals surface area (Å²) in [7, 11) is 1.61. The van der Waals surface area contributed by atoms with Gasteiger partial charge in [0.2, 0.25) is 5.91 Å². The molecule has 1 N–H and O–H groups in total. The Bertz CT molecular complexity index is 1330. The average molecular weight is 477 g/mol. The monoisotopic (exact) mass is 476 g/mol. The number of anilines is 1. The van der Waals surface area contributed by atoms with Gasteiger partial charge < -0.3 is 14.8 Å². The molecule has 0 unspecified atom stereocenters. The number of ether oxygens (including phenoxy) is 2. The summed E-state index contributed by atoms with van der Waals surface area (Å²) in [6, 6.07) is 18.8. The largest absolute Gasteiger partial charge is 0.497 e. The average Bonchev–Trinajstić information content (AvgIpc) is 3.24. The van der Waals surface area contributed by atoms with Crippen LogP contribution in [0.4, 0.5) is 5.13 Å². The van der Waals surface area contributed by atoms with Crippen molar-refractivity contribution in [2.24, 2.45) is 0 Å². The fourth-order valence-electron chi connectivity index (χ4n) is 3.06. The van der Waals surface area contributed by atoms with Crippen LogP contribution in [-0.4, -0.2) is 35.3 Å². The SMILES string of the molecule is CCOc1ccc2nc(NC(=O)CSc3nc(-c4ccc(OC)cc4)ccc3C#N)sc2c1. The van der Waals surface area contributed by atoms with Crippen molar-refractivity contribution in [3.05, 3.63) is 60.2 Å². The van der Waals surface area contributed by atoms with Crippen molar-refractivity contribution in [3.8, 4) is 28.8 Å². The fourth-order valence-corrected chi connectivity index (χ4v) is 4.74. The molecule has 0 spiro atoms. The summed E-state index contributed by atoms with van der Waals surface area (Å²) in [5, 5.41) is 13.3. The number of aromatic nitrogens is 2. The van der Waals surface area contributed by atoms with E-state index in [2.05, 4.69) is 21.4 Å². The molecule has 166 valence electrons. The molecule has 4 aromatic rings. The highest BCUT2D eigenvalue weighted by atomic mass is 32.2. The number of fused-ring (bicyclic) bond motifs is 1. The molecule has 2 aromatic carbocycles. The topological polar surface area (TPSA) is 97.1 Å². The van der Waals surface area contributed by atoms with Gasteiger partial charge >= 0.3 is 0 Å². The molecule has 4 rings (SSSR count). The van der Waals surface area contributed by atoms with Crippen LogP contribution in [0.25, 0.3) is 21.5 Å². The molecule has 9 heteroatoms. The number of rotatable bonds is 8. The lowest BCUT2D eigenvalue weighted by molar-refractivity contribution is -0.113. The number of thioether (sulfide) groups is 1. The van der Waals surface area contributed by atoms with Gasteiger partial charge in [0.25, 0.3) is 0 Å². The van der Waals surface area contributed by atoms with Crippen molar-refractivity contribution >= 4 is 44.4 Å². The summed E-state index contributed by atoms with van der Waals surface area (Å²) in [6.45, 7) is 2.52. The normalized spacial score (nSPS) is 10.6. The van der Waals surface area contributed by atoms with Gasteiger partial charge in [0.1, 0.15) is 22.6 Å². The zero-order chi connectivity index (χ0) is 23.2. The summed E-state index contributed by atoms with van der Waals surface area (Å²) in [6.07, 6.45) is 0. The maximum atomic E-state index is 12.5. The first kappa shape index (κ1) is 22.6. The van der Waals surface area contributed by atoms with Crippen LogP contribution in [0.1, 0.15) is 12.5 Å². The van der Waals surface area contributed by atoms with E-state index in [4.69, 9.17) is 9.47 Å². The van der Waals surface area contributed by atoms with Gasteiger partial charge in [0.15, 0.2) is 5.13 Å². The van der Waals surface area contributed by atoms with Crippen LogP contribution >= 0.6 is 23.1 Å². The Morgan fingerprint density at radius 2 is 1.91 bits per heavy atom. The molecule has 0 aliphatic rings. The van der Waals surface area contributed by atoms with Crippen LogP contribution < -0.4 is 14.8 Å². The Morgan fingerprint density at radius 3 is 2.64 bits per heavy atom. The van der Waals surface area contributed by atoms with Gasteiger partial charge in [0, 0.05) is 5.56 Å². The van der Waals surface area contributed by atoms with E-state index in [9.17, 15) is 10.1 Å². The van der Waals surface area contributed by atoms with Crippen LogP contribution in [0, 0.1) is 11.3 Å². The molecule has 2 aromatic heterocycles. The van der Waals surface area contributed by atoms with Crippen LogP contribution in [0.15, 0.2) is 59.6 Å². The first-order chi connectivity index (χ1) is 16.1. The summed E-state index contributed by atoms with van der Waals surface area (Å²) in [5.74, 6) is 1.41. The molecule has 0 bridgehead atoms. The lowest BCUT2D eigenvalue weighted by Crippen LogP contribution is -2.14. The van der Waals surface area contributed by atoms with E-state index in [-0.39, 0.29) is 11.7 Å². The number of hydrogen-bond donors (Lipinski definition) is 1. The molecule has 0 fully saturated rings. The van der Waals surface area contributed by atoms with Crippen molar-refractivity contribution in [1.82, 2.24) is 9.97 Å².